The van der Waals surface area contributed by atoms with Crippen molar-refractivity contribution in [3.8, 4) is 0 Å². The van der Waals surface area contributed by atoms with Crippen LogP contribution < -0.4 is 0 Å². The third-order valence-electron chi connectivity index (χ3n) is 2.97. The summed E-state index contributed by atoms with van der Waals surface area (Å²) in [5.74, 6) is 0.946. The number of aromatic nitrogens is 2. The van der Waals surface area contributed by atoms with Crippen LogP contribution in [0.5, 0.6) is 0 Å². The molecule has 1 aliphatic rings. The zero-order chi connectivity index (χ0) is 12.6. The number of imidazole rings is 1. The summed E-state index contributed by atoms with van der Waals surface area (Å²) in [6.07, 6.45) is 7.15. The predicted octanol–water partition coefficient (Wildman–Crippen LogP) is 4.17. The molecular formula is C14H12Cl2N2. The molecule has 3 rings (SSSR count). The van der Waals surface area contributed by atoms with Crippen LogP contribution in [-0.4, -0.2) is 14.3 Å². The van der Waals surface area contributed by atoms with E-state index in [9.17, 15) is 0 Å². The molecule has 0 unspecified atom stereocenters. The van der Waals surface area contributed by atoms with Gasteiger partial charge in [-0.15, -0.1) is 0 Å². The van der Waals surface area contributed by atoms with Crippen molar-refractivity contribution in [1.29, 1.82) is 0 Å². The molecule has 2 nitrogen and oxygen atoms in total. The molecule has 1 heterocycles. The molecule has 2 aromatic rings. The van der Waals surface area contributed by atoms with Crippen molar-refractivity contribution in [1.82, 2.24) is 9.97 Å². The van der Waals surface area contributed by atoms with E-state index in [2.05, 4.69) is 16.0 Å². The van der Waals surface area contributed by atoms with E-state index in [0.717, 1.165) is 23.3 Å². The van der Waals surface area contributed by atoms with Gasteiger partial charge in [0.25, 0.3) is 0 Å². The third-order valence-corrected chi connectivity index (χ3v) is 3.49. The summed E-state index contributed by atoms with van der Waals surface area (Å²) in [7, 11) is 0. The highest BCUT2D eigenvalue weighted by Gasteiger charge is 2.24. The lowest BCUT2D eigenvalue weighted by Crippen LogP contribution is -2.13. The van der Waals surface area contributed by atoms with Gasteiger partial charge in [-0.3, -0.25) is 0 Å². The van der Waals surface area contributed by atoms with Gasteiger partial charge in [-0.2, -0.15) is 0 Å². The number of hydrogen-bond acceptors (Lipinski definition) is 1. The van der Waals surface area contributed by atoms with Gasteiger partial charge in [-0.05, 0) is 18.2 Å². The number of fused-ring (bicyclic) bond motifs is 1. The second kappa shape index (κ2) is 4.45. The molecule has 0 radical (unpaired) electrons. The molecule has 1 aromatic carbocycles. The average molecular weight is 279 g/mol. The molecule has 0 aliphatic heterocycles. The van der Waals surface area contributed by atoms with Crippen LogP contribution in [0.2, 0.25) is 0 Å². The third kappa shape index (κ3) is 2.45. The van der Waals surface area contributed by atoms with Crippen molar-refractivity contribution in [2.75, 3.05) is 0 Å². The number of rotatable bonds is 2. The Morgan fingerprint density at radius 1 is 1.28 bits per heavy atom. The van der Waals surface area contributed by atoms with E-state index in [4.69, 9.17) is 23.2 Å². The maximum Gasteiger partial charge on any atom is 0.140 e. The maximum absolute atomic E-state index is 6.12. The molecule has 1 aliphatic carbocycles. The van der Waals surface area contributed by atoms with Gasteiger partial charge >= 0.3 is 0 Å². The molecular weight excluding hydrogens is 267 g/mol. The molecule has 92 valence electrons. The van der Waals surface area contributed by atoms with Crippen molar-refractivity contribution < 1.29 is 0 Å². The van der Waals surface area contributed by atoms with Crippen LogP contribution in [0.25, 0.3) is 11.0 Å². The fourth-order valence-electron chi connectivity index (χ4n) is 2.17. The summed E-state index contributed by atoms with van der Waals surface area (Å²) in [5.41, 5.74) is 3.23. The average Bonchev–Trinajstić information content (AvgIpc) is 2.69. The monoisotopic (exact) mass is 278 g/mol. The Kier molecular flexibility index (Phi) is 2.92. The van der Waals surface area contributed by atoms with Gasteiger partial charge in [0.05, 0.1) is 11.0 Å². The highest BCUT2D eigenvalue weighted by molar-refractivity contribution is 6.50. The number of halogens is 2. The lowest BCUT2D eigenvalue weighted by atomic mass is 10.0. The zero-order valence-electron chi connectivity index (χ0n) is 9.66. The van der Waals surface area contributed by atoms with E-state index in [1.54, 1.807) is 6.08 Å². The molecule has 0 amide bonds. The minimum atomic E-state index is -0.782. The van der Waals surface area contributed by atoms with Crippen LogP contribution in [0.15, 0.2) is 48.1 Å². The number of para-hydroxylation sites is 2. The number of hydrogen-bond donors (Lipinski definition) is 1. The number of benzene rings is 1. The van der Waals surface area contributed by atoms with Crippen LogP contribution in [0.1, 0.15) is 12.2 Å². The van der Waals surface area contributed by atoms with Gasteiger partial charge < -0.3 is 4.98 Å². The van der Waals surface area contributed by atoms with Gasteiger partial charge in [0, 0.05) is 12.8 Å². The molecule has 4 heteroatoms. The lowest BCUT2D eigenvalue weighted by molar-refractivity contribution is 0.845. The summed E-state index contributed by atoms with van der Waals surface area (Å²) < 4.78 is -0.782. The Morgan fingerprint density at radius 2 is 2.11 bits per heavy atom. The SMILES string of the molecule is ClC1(Cl)C=CC=C(Cc2nc3ccccc3[nH]2)C1. The quantitative estimate of drug-likeness (QED) is 0.821. The number of H-pyrrole nitrogens is 1. The van der Waals surface area contributed by atoms with E-state index >= 15 is 0 Å². The van der Waals surface area contributed by atoms with Gasteiger partial charge in [-0.1, -0.05) is 53.1 Å². The highest BCUT2D eigenvalue weighted by Crippen LogP contribution is 2.34. The first-order chi connectivity index (χ1) is 8.62. The predicted molar refractivity (Wildman–Crippen MR) is 76.1 cm³/mol. The second-order valence-corrected chi connectivity index (χ2v) is 6.04. The van der Waals surface area contributed by atoms with Crippen molar-refractivity contribution in [2.24, 2.45) is 0 Å². The highest BCUT2D eigenvalue weighted by atomic mass is 35.5. The Bertz CT molecular complexity index is 605. The minimum Gasteiger partial charge on any atom is -0.342 e. The van der Waals surface area contributed by atoms with Crippen molar-refractivity contribution in [2.45, 2.75) is 17.2 Å². The summed E-state index contributed by atoms with van der Waals surface area (Å²) in [5, 5.41) is 0. The topological polar surface area (TPSA) is 28.7 Å². The smallest absolute Gasteiger partial charge is 0.140 e. The number of allylic oxidation sites excluding steroid dienone is 4. The minimum absolute atomic E-state index is 0.643. The van der Waals surface area contributed by atoms with Crippen molar-refractivity contribution in [3.05, 3.63) is 53.9 Å². The van der Waals surface area contributed by atoms with Crippen molar-refractivity contribution >= 4 is 34.2 Å². The van der Waals surface area contributed by atoms with E-state index in [0.29, 0.717) is 6.42 Å². The molecule has 0 atom stereocenters. The molecule has 1 aromatic heterocycles. The summed E-state index contributed by atoms with van der Waals surface area (Å²) in [6.45, 7) is 0. The van der Waals surface area contributed by atoms with Gasteiger partial charge in [0.2, 0.25) is 0 Å². The van der Waals surface area contributed by atoms with Gasteiger partial charge in [0.1, 0.15) is 10.2 Å². The van der Waals surface area contributed by atoms with E-state index in [1.807, 2.05) is 30.3 Å². The van der Waals surface area contributed by atoms with Crippen LogP contribution >= 0.6 is 23.2 Å². The molecule has 0 spiro atoms. The van der Waals surface area contributed by atoms with Crippen LogP contribution in [-0.2, 0) is 6.42 Å². The first-order valence-electron chi connectivity index (χ1n) is 5.81. The summed E-state index contributed by atoms with van der Waals surface area (Å²) >= 11 is 12.2. The fourth-order valence-corrected chi connectivity index (χ4v) is 2.66. The standard InChI is InChI=1S/C14H12Cl2N2/c15-14(16)7-3-4-10(9-14)8-13-17-11-5-1-2-6-12(11)18-13/h1-7H,8-9H2,(H,17,18). The Morgan fingerprint density at radius 3 is 2.89 bits per heavy atom. The van der Waals surface area contributed by atoms with E-state index in [-0.39, 0.29) is 0 Å². The first-order valence-corrected chi connectivity index (χ1v) is 6.57. The summed E-state index contributed by atoms with van der Waals surface area (Å²) in [6, 6.07) is 8.00. The number of alkyl halides is 2. The normalized spacial score (nSPS) is 18.0. The molecule has 1 N–H and O–H groups in total. The fraction of sp³-hybridized carbons (Fsp3) is 0.214. The maximum atomic E-state index is 6.12. The number of aromatic amines is 1. The van der Waals surface area contributed by atoms with Gasteiger partial charge in [-0.25, -0.2) is 4.98 Å². The Hall–Kier alpha value is -1.25. The number of nitrogens with one attached hydrogen (secondary N) is 1. The largest absolute Gasteiger partial charge is 0.342 e. The first kappa shape index (κ1) is 11.8. The second-order valence-electron chi connectivity index (χ2n) is 4.50. The van der Waals surface area contributed by atoms with Crippen LogP contribution in [0, 0.1) is 0 Å². The van der Waals surface area contributed by atoms with Crippen LogP contribution in [0.3, 0.4) is 0 Å². The van der Waals surface area contributed by atoms with E-state index in [1.165, 1.54) is 5.57 Å². The Balaban J connectivity index is 1.85. The molecule has 0 bridgehead atoms. The van der Waals surface area contributed by atoms with Crippen molar-refractivity contribution in [3.63, 3.8) is 0 Å². The van der Waals surface area contributed by atoms with E-state index < -0.39 is 4.33 Å². The molecule has 0 saturated heterocycles. The molecule has 0 saturated carbocycles. The summed E-state index contributed by atoms with van der Waals surface area (Å²) in [4.78, 5) is 7.86. The molecule has 0 fully saturated rings. The Labute approximate surface area is 115 Å². The number of nitrogens with zero attached hydrogens (tertiary/aromatic N) is 1. The molecule has 18 heavy (non-hydrogen) atoms. The van der Waals surface area contributed by atoms with Crippen LogP contribution in [0.4, 0.5) is 0 Å². The zero-order valence-corrected chi connectivity index (χ0v) is 11.2. The van der Waals surface area contributed by atoms with Gasteiger partial charge in [0.15, 0.2) is 0 Å². The lowest BCUT2D eigenvalue weighted by Gasteiger charge is -2.19.